The van der Waals surface area contributed by atoms with Crippen molar-refractivity contribution in [1.82, 2.24) is 0 Å². The fraction of sp³-hybridized carbons (Fsp3) is 0.917. The zero-order valence-electron chi connectivity index (χ0n) is 18.0. The van der Waals surface area contributed by atoms with Crippen LogP contribution in [0.4, 0.5) is 0 Å². The van der Waals surface area contributed by atoms with Gasteiger partial charge in [-0.15, -0.1) is 0 Å². The summed E-state index contributed by atoms with van der Waals surface area (Å²) in [6.45, 7) is 0. The zero-order chi connectivity index (χ0) is 20.5. The van der Waals surface area contributed by atoms with Gasteiger partial charge in [-0.2, -0.15) is 0 Å². The number of rotatable bonds is 18. The number of aliphatic carboxylic acids is 2. The van der Waals surface area contributed by atoms with E-state index < -0.39 is 17.9 Å². The molecule has 1 rings (SSSR count). The van der Waals surface area contributed by atoms with Gasteiger partial charge in [-0.05, 0) is 12.3 Å². The first-order chi connectivity index (χ1) is 13.6. The van der Waals surface area contributed by atoms with Gasteiger partial charge in [0.25, 0.3) is 0 Å². The van der Waals surface area contributed by atoms with Gasteiger partial charge in [-0.1, -0.05) is 122 Å². The van der Waals surface area contributed by atoms with E-state index in [2.05, 4.69) is 0 Å². The van der Waals surface area contributed by atoms with E-state index in [4.69, 9.17) is 10.2 Å². The molecule has 4 heteroatoms. The Morgan fingerprint density at radius 3 is 1.43 bits per heavy atom. The third kappa shape index (κ3) is 13.2. The van der Waals surface area contributed by atoms with E-state index in [-0.39, 0.29) is 6.42 Å². The molecule has 0 aromatic heterocycles. The lowest BCUT2D eigenvalue weighted by molar-refractivity contribution is -0.154. The van der Waals surface area contributed by atoms with Crippen LogP contribution < -0.4 is 0 Å². The standard InChI is InChI=1S/C24H44O4/c25-23(26)22(24(27)28)20-16-11-9-7-5-3-1-2-4-6-8-10-13-17-21-18-14-12-15-19-21/h21-22H,1-20H2,(H,25,26)(H,27,28). The average molecular weight is 397 g/mol. The number of carbonyl (C=O) groups is 2. The van der Waals surface area contributed by atoms with Gasteiger partial charge in [0.1, 0.15) is 0 Å². The molecule has 1 aliphatic rings. The van der Waals surface area contributed by atoms with Gasteiger partial charge >= 0.3 is 11.9 Å². The highest BCUT2D eigenvalue weighted by Gasteiger charge is 2.24. The molecular weight excluding hydrogens is 352 g/mol. The van der Waals surface area contributed by atoms with E-state index in [0.29, 0.717) is 6.42 Å². The van der Waals surface area contributed by atoms with E-state index in [1.54, 1.807) is 0 Å². The van der Waals surface area contributed by atoms with Crippen LogP contribution in [0.3, 0.4) is 0 Å². The lowest BCUT2D eigenvalue weighted by atomic mass is 9.85. The maximum absolute atomic E-state index is 10.8. The lowest BCUT2D eigenvalue weighted by Gasteiger charge is -2.21. The molecule has 0 atom stereocenters. The summed E-state index contributed by atoms with van der Waals surface area (Å²) in [7, 11) is 0. The zero-order valence-corrected chi connectivity index (χ0v) is 18.0. The van der Waals surface area contributed by atoms with E-state index in [0.717, 1.165) is 18.8 Å². The molecule has 1 saturated carbocycles. The Kier molecular flexibility index (Phi) is 15.0. The Hall–Kier alpha value is -1.06. The molecule has 0 aromatic carbocycles. The topological polar surface area (TPSA) is 74.6 Å². The van der Waals surface area contributed by atoms with Gasteiger partial charge < -0.3 is 10.2 Å². The fourth-order valence-corrected chi connectivity index (χ4v) is 4.55. The van der Waals surface area contributed by atoms with Crippen LogP contribution in [0.2, 0.25) is 0 Å². The maximum Gasteiger partial charge on any atom is 0.317 e. The Bertz CT molecular complexity index is 387. The SMILES string of the molecule is O=C(O)C(CCCCCCCCCCCCCCCC1CCCCC1)C(=O)O. The van der Waals surface area contributed by atoms with Crippen LogP contribution in [0.5, 0.6) is 0 Å². The number of hydrogen-bond donors (Lipinski definition) is 2. The highest BCUT2D eigenvalue weighted by molar-refractivity contribution is 5.92. The second-order valence-corrected chi connectivity index (χ2v) is 8.91. The molecule has 4 nitrogen and oxygen atoms in total. The summed E-state index contributed by atoms with van der Waals surface area (Å²) in [6, 6.07) is 0. The molecule has 0 aromatic rings. The number of carboxylic acids is 2. The number of unbranched alkanes of at least 4 members (excludes halogenated alkanes) is 12. The van der Waals surface area contributed by atoms with E-state index in [1.165, 1.54) is 103 Å². The third-order valence-corrected chi connectivity index (χ3v) is 6.43. The molecule has 0 bridgehead atoms. The van der Waals surface area contributed by atoms with Crippen molar-refractivity contribution in [2.75, 3.05) is 0 Å². The maximum atomic E-state index is 10.8. The minimum atomic E-state index is -1.23. The van der Waals surface area contributed by atoms with Gasteiger partial charge in [-0.3, -0.25) is 9.59 Å². The number of carboxylic acid groups (broad SMARTS) is 2. The highest BCUT2D eigenvalue weighted by atomic mass is 16.4. The van der Waals surface area contributed by atoms with Gasteiger partial charge in [0, 0.05) is 0 Å². The molecule has 0 unspecified atom stereocenters. The molecule has 0 radical (unpaired) electrons. The predicted octanol–water partition coefficient (Wildman–Crippen LogP) is 7.20. The minimum Gasteiger partial charge on any atom is -0.481 e. The van der Waals surface area contributed by atoms with Crippen molar-refractivity contribution in [2.45, 2.75) is 128 Å². The quantitative estimate of drug-likeness (QED) is 0.190. The van der Waals surface area contributed by atoms with Crippen LogP contribution in [0, 0.1) is 11.8 Å². The van der Waals surface area contributed by atoms with Crippen LogP contribution in [0.25, 0.3) is 0 Å². The van der Waals surface area contributed by atoms with Crippen LogP contribution in [0.15, 0.2) is 0 Å². The summed E-state index contributed by atoms with van der Waals surface area (Å²) in [4.78, 5) is 21.6. The Morgan fingerprint density at radius 1 is 0.607 bits per heavy atom. The van der Waals surface area contributed by atoms with Crippen LogP contribution >= 0.6 is 0 Å². The van der Waals surface area contributed by atoms with Crippen LogP contribution in [-0.2, 0) is 9.59 Å². The summed E-state index contributed by atoms with van der Waals surface area (Å²) in [5, 5.41) is 17.6. The molecule has 164 valence electrons. The smallest absolute Gasteiger partial charge is 0.317 e. The van der Waals surface area contributed by atoms with Gasteiger partial charge in [0.2, 0.25) is 0 Å². The Balaban J connectivity index is 1.76. The molecule has 1 aliphatic carbocycles. The number of hydrogen-bond acceptors (Lipinski definition) is 2. The van der Waals surface area contributed by atoms with E-state index in [9.17, 15) is 9.59 Å². The van der Waals surface area contributed by atoms with Gasteiger partial charge in [0.15, 0.2) is 5.92 Å². The second-order valence-electron chi connectivity index (χ2n) is 8.91. The molecule has 28 heavy (non-hydrogen) atoms. The molecular formula is C24H44O4. The van der Waals surface area contributed by atoms with Crippen molar-refractivity contribution in [3.05, 3.63) is 0 Å². The summed E-state index contributed by atoms with van der Waals surface area (Å²) < 4.78 is 0. The van der Waals surface area contributed by atoms with Crippen molar-refractivity contribution in [2.24, 2.45) is 11.8 Å². The lowest BCUT2D eigenvalue weighted by Crippen LogP contribution is -2.23. The largest absolute Gasteiger partial charge is 0.481 e. The van der Waals surface area contributed by atoms with E-state index in [1.807, 2.05) is 0 Å². The molecule has 2 N–H and O–H groups in total. The Labute approximate surface area is 172 Å². The van der Waals surface area contributed by atoms with E-state index >= 15 is 0 Å². The first-order valence-corrected chi connectivity index (χ1v) is 12.1. The van der Waals surface area contributed by atoms with Crippen molar-refractivity contribution >= 4 is 11.9 Å². The second kappa shape index (κ2) is 16.9. The summed E-state index contributed by atoms with van der Waals surface area (Å²) >= 11 is 0. The first-order valence-electron chi connectivity index (χ1n) is 12.1. The molecule has 0 saturated heterocycles. The van der Waals surface area contributed by atoms with Crippen molar-refractivity contribution in [3.8, 4) is 0 Å². The molecule has 0 spiro atoms. The third-order valence-electron chi connectivity index (χ3n) is 6.43. The Morgan fingerprint density at radius 2 is 1.00 bits per heavy atom. The van der Waals surface area contributed by atoms with Gasteiger partial charge in [0.05, 0.1) is 0 Å². The molecule has 0 amide bonds. The van der Waals surface area contributed by atoms with Gasteiger partial charge in [-0.25, -0.2) is 0 Å². The van der Waals surface area contributed by atoms with Crippen molar-refractivity contribution < 1.29 is 19.8 Å². The van der Waals surface area contributed by atoms with Crippen molar-refractivity contribution in [1.29, 1.82) is 0 Å². The first kappa shape index (κ1) is 25.0. The highest BCUT2D eigenvalue weighted by Crippen LogP contribution is 2.28. The van der Waals surface area contributed by atoms with Crippen molar-refractivity contribution in [3.63, 3.8) is 0 Å². The fourth-order valence-electron chi connectivity index (χ4n) is 4.55. The average Bonchev–Trinajstić information content (AvgIpc) is 2.67. The summed E-state index contributed by atoms with van der Waals surface area (Å²) in [5.41, 5.74) is 0. The molecule has 0 aliphatic heterocycles. The minimum absolute atomic E-state index is 0.255. The molecule has 0 heterocycles. The van der Waals surface area contributed by atoms with Crippen LogP contribution in [-0.4, -0.2) is 22.2 Å². The predicted molar refractivity (Wildman–Crippen MR) is 115 cm³/mol. The summed E-state index contributed by atoms with van der Waals surface area (Å²) in [6.07, 6.45) is 25.4. The van der Waals surface area contributed by atoms with Crippen LogP contribution in [0.1, 0.15) is 128 Å². The monoisotopic (exact) mass is 396 g/mol. The normalized spacial score (nSPS) is 15.2. The summed E-state index contributed by atoms with van der Waals surface area (Å²) in [5.74, 6) is -2.61. The molecule has 1 fully saturated rings.